The Bertz CT molecular complexity index is 538. The van der Waals surface area contributed by atoms with Gasteiger partial charge in [-0.1, -0.05) is 26.0 Å². The van der Waals surface area contributed by atoms with Crippen LogP contribution in [0.4, 0.5) is 5.69 Å². The lowest BCUT2D eigenvalue weighted by Gasteiger charge is -2.28. The summed E-state index contributed by atoms with van der Waals surface area (Å²) in [5.41, 5.74) is 2.97. The van der Waals surface area contributed by atoms with Gasteiger partial charge < -0.3 is 15.3 Å². The van der Waals surface area contributed by atoms with Crippen molar-refractivity contribution in [3.05, 3.63) is 29.3 Å². The lowest BCUT2D eigenvalue weighted by molar-refractivity contribution is -0.138. The lowest BCUT2D eigenvalue weighted by atomic mass is 9.99. The maximum absolute atomic E-state index is 11.4. The molecular formula is C16H22N2O3. The second-order valence-corrected chi connectivity index (χ2v) is 5.39. The number of hydrogen-bond acceptors (Lipinski definition) is 3. The molecule has 0 aliphatic carbocycles. The Morgan fingerprint density at radius 1 is 1.38 bits per heavy atom. The van der Waals surface area contributed by atoms with Crippen LogP contribution < -0.4 is 5.32 Å². The first-order chi connectivity index (χ1) is 10.0. The maximum Gasteiger partial charge on any atom is 0.304 e. The van der Waals surface area contributed by atoms with Crippen molar-refractivity contribution in [2.75, 3.05) is 18.4 Å². The molecule has 0 fully saturated rings. The van der Waals surface area contributed by atoms with Crippen LogP contribution in [0.15, 0.2) is 18.2 Å². The Morgan fingerprint density at radius 3 is 2.71 bits per heavy atom. The number of benzene rings is 1. The highest BCUT2D eigenvalue weighted by atomic mass is 16.4. The van der Waals surface area contributed by atoms with Gasteiger partial charge >= 0.3 is 5.97 Å². The summed E-state index contributed by atoms with van der Waals surface area (Å²) in [7, 11) is 0. The van der Waals surface area contributed by atoms with Crippen LogP contribution in [0, 0.1) is 0 Å². The van der Waals surface area contributed by atoms with Crippen molar-refractivity contribution in [3.63, 3.8) is 0 Å². The van der Waals surface area contributed by atoms with Gasteiger partial charge in [0.15, 0.2) is 0 Å². The standard InChI is InChI=1S/C16H22N2O3/c1-3-18(4-2)13(10-16(20)21)8-11-5-6-14-12(7-11)9-15(19)17-14/h5-7,13H,3-4,8-10H2,1-2H3,(H,17,19)(H,20,21). The topological polar surface area (TPSA) is 69.6 Å². The predicted molar refractivity (Wildman–Crippen MR) is 81.4 cm³/mol. The van der Waals surface area contributed by atoms with E-state index in [2.05, 4.69) is 10.2 Å². The monoisotopic (exact) mass is 290 g/mol. The summed E-state index contributed by atoms with van der Waals surface area (Å²) in [6.45, 7) is 5.76. The number of amides is 1. The molecule has 1 aliphatic heterocycles. The summed E-state index contributed by atoms with van der Waals surface area (Å²) in [6.07, 6.45) is 1.24. The third kappa shape index (κ3) is 3.82. The second-order valence-electron chi connectivity index (χ2n) is 5.39. The SMILES string of the molecule is CCN(CC)C(CC(=O)O)Cc1ccc2c(c1)CC(=O)N2. The van der Waals surface area contributed by atoms with Gasteiger partial charge in [0.1, 0.15) is 0 Å². The van der Waals surface area contributed by atoms with Crippen molar-refractivity contribution in [2.24, 2.45) is 0 Å². The Kier molecular flexibility index (Phi) is 4.96. The van der Waals surface area contributed by atoms with Gasteiger partial charge in [0.2, 0.25) is 5.91 Å². The van der Waals surface area contributed by atoms with Gasteiger partial charge in [-0.15, -0.1) is 0 Å². The molecule has 1 heterocycles. The van der Waals surface area contributed by atoms with Crippen molar-refractivity contribution in [3.8, 4) is 0 Å². The highest BCUT2D eigenvalue weighted by Crippen LogP contribution is 2.25. The molecule has 1 aromatic carbocycles. The molecular weight excluding hydrogens is 268 g/mol. The van der Waals surface area contributed by atoms with Gasteiger partial charge in [-0.2, -0.15) is 0 Å². The molecule has 21 heavy (non-hydrogen) atoms. The average Bonchev–Trinajstić information content (AvgIpc) is 2.78. The third-order valence-electron chi connectivity index (χ3n) is 4.01. The first kappa shape index (κ1) is 15.5. The van der Waals surface area contributed by atoms with Crippen LogP contribution in [0.1, 0.15) is 31.4 Å². The molecule has 1 amide bonds. The smallest absolute Gasteiger partial charge is 0.304 e. The number of hydrogen-bond donors (Lipinski definition) is 2. The number of rotatable bonds is 7. The van der Waals surface area contributed by atoms with Crippen molar-refractivity contribution in [2.45, 2.75) is 39.2 Å². The molecule has 0 radical (unpaired) electrons. The van der Waals surface area contributed by atoms with E-state index in [1.807, 2.05) is 32.0 Å². The van der Waals surface area contributed by atoms with Gasteiger partial charge in [0.05, 0.1) is 12.8 Å². The zero-order chi connectivity index (χ0) is 15.4. The molecule has 2 N–H and O–H groups in total. The van der Waals surface area contributed by atoms with Gasteiger partial charge in [0.25, 0.3) is 0 Å². The lowest BCUT2D eigenvalue weighted by Crippen LogP contribution is -2.38. The van der Waals surface area contributed by atoms with Crippen LogP contribution >= 0.6 is 0 Å². The zero-order valence-electron chi connectivity index (χ0n) is 12.6. The number of nitrogens with one attached hydrogen (secondary N) is 1. The molecule has 1 aliphatic rings. The third-order valence-corrected chi connectivity index (χ3v) is 4.01. The van der Waals surface area contributed by atoms with E-state index < -0.39 is 5.97 Å². The van der Waals surface area contributed by atoms with Crippen LogP contribution in [-0.4, -0.2) is 41.0 Å². The minimum atomic E-state index is -0.773. The number of likely N-dealkylation sites (N-methyl/N-ethyl adjacent to an activating group) is 1. The van der Waals surface area contributed by atoms with Crippen molar-refractivity contribution >= 4 is 17.6 Å². The molecule has 1 aromatic rings. The molecule has 0 saturated carbocycles. The Labute approximate surface area is 125 Å². The number of carboxylic acid groups (broad SMARTS) is 1. The first-order valence-corrected chi connectivity index (χ1v) is 7.41. The van der Waals surface area contributed by atoms with Crippen LogP contribution in [-0.2, 0) is 22.4 Å². The van der Waals surface area contributed by atoms with Crippen molar-refractivity contribution in [1.29, 1.82) is 0 Å². The van der Waals surface area contributed by atoms with Gasteiger partial charge in [-0.25, -0.2) is 0 Å². The second kappa shape index (κ2) is 6.72. The van der Waals surface area contributed by atoms with E-state index in [-0.39, 0.29) is 18.4 Å². The largest absolute Gasteiger partial charge is 0.481 e. The Hall–Kier alpha value is -1.88. The number of anilines is 1. The highest BCUT2D eigenvalue weighted by Gasteiger charge is 2.22. The minimum Gasteiger partial charge on any atom is -0.481 e. The average molecular weight is 290 g/mol. The van der Waals surface area contributed by atoms with E-state index in [0.29, 0.717) is 12.8 Å². The summed E-state index contributed by atoms with van der Waals surface area (Å²) < 4.78 is 0. The summed E-state index contributed by atoms with van der Waals surface area (Å²) in [4.78, 5) is 24.6. The van der Waals surface area contributed by atoms with Gasteiger partial charge in [-0.3, -0.25) is 9.59 Å². The van der Waals surface area contributed by atoms with E-state index in [9.17, 15) is 9.59 Å². The number of aliphatic carboxylic acids is 1. The maximum atomic E-state index is 11.4. The molecule has 5 heteroatoms. The number of carbonyl (C=O) groups excluding carboxylic acids is 1. The van der Waals surface area contributed by atoms with E-state index >= 15 is 0 Å². The summed E-state index contributed by atoms with van der Waals surface area (Å²) in [6, 6.07) is 5.89. The molecule has 2 rings (SSSR count). The molecule has 0 spiro atoms. The van der Waals surface area contributed by atoms with Crippen LogP contribution in [0.25, 0.3) is 0 Å². The van der Waals surface area contributed by atoms with Crippen LogP contribution in [0.2, 0.25) is 0 Å². The highest BCUT2D eigenvalue weighted by molar-refractivity contribution is 5.99. The normalized spacial score (nSPS) is 14.9. The Morgan fingerprint density at radius 2 is 2.10 bits per heavy atom. The molecule has 114 valence electrons. The fourth-order valence-corrected chi connectivity index (χ4v) is 2.95. The fraction of sp³-hybridized carbons (Fsp3) is 0.500. The van der Waals surface area contributed by atoms with E-state index in [1.165, 1.54) is 0 Å². The molecule has 1 atom stereocenters. The zero-order valence-corrected chi connectivity index (χ0v) is 12.6. The van der Waals surface area contributed by atoms with Crippen molar-refractivity contribution < 1.29 is 14.7 Å². The summed E-state index contributed by atoms with van der Waals surface area (Å²) in [5.74, 6) is -0.752. The summed E-state index contributed by atoms with van der Waals surface area (Å²) >= 11 is 0. The number of carboxylic acids is 1. The fourth-order valence-electron chi connectivity index (χ4n) is 2.95. The molecule has 0 bridgehead atoms. The number of carbonyl (C=O) groups is 2. The van der Waals surface area contributed by atoms with Crippen molar-refractivity contribution in [1.82, 2.24) is 4.90 Å². The molecule has 0 saturated heterocycles. The number of nitrogens with zero attached hydrogens (tertiary/aromatic N) is 1. The minimum absolute atomic E-state index is 0.0133. The van der Waals surface area contributed by atoms with Gasteiger partial charge in [0, 0.05) is 11.7 Å². The van der Waals surface area contributed by atoms with E-state index in [1.54, 1.807) is 0 Å². The quantitative estimate of drug-likeness (QED) is 0.805. The number of fused-ring (bicyclic) bond motifs is 1. The molecule has 5 nitrogen and oxygen atoms in total. The molecule has 0 aromatic heterocycles. The summed E-state index contributed by atoms with van der Waals surface area (Å²) in [5, 5.41) is 11.9. The first-order valence-electron chi connectivity index (χ1n) is 7.41. The Balaban J connectivity index is 2.15. The van der Waals surface area contributed by atoms with E-state index in [0.717, 1.165) is 29.9 Å². The molecule has 1 unspecified atom stereocenters. The van der Waals surface area contributed by atoms with Crippen LogP contribution in [0.3, 0.4) is 0 Å². The van der Waals surface area contributed by atoms with Gasteiger partial charge in [-0.05, 0) is 36.7 Å². The predicted octanol–water partition coefficient (Wildman–Crippen LogP) is 1.91. The van der Waals surface area contributed by atoms with Crippen LogP contribution in [0.5, 0.6) is 0 Å². The van der Waals surface area contributed by atoms with E-state index in [4.69, 9.17) is 5.11 Å².